The molecule has 0 radical (unpaired) electrons. The van der Waals surface area contributed by atoms with Gasteiger partial charge in [0.15, 0.2) is 14.1 Å². The molecule has 42 heavy (non-hydrogen) atoms. The van der Waals surface area contributed by atoms with E-state index in [1.54, 1.807) is 6.07 Å². The van der Waals surface area contributed by atoms with E-state index in [1.807, 2.05) is 6.07 Å². The maximum absolute atomic E-state index is 10.2. The van der Waals surface area contributed by atoms with Crippen molar-refractivity contribution in [3.63, 3.8) is 0 Å². The minimum atomic E-state index is -2.10. The minimum Gasteiger partial charge on any atom is -0.413 e. The predicted molar refractivity (Wildman–Crippen MR) is 170 cm³/mol. The fraction of sp³-hybridized carbons (Fsp3) is 0.600. The Labute approximate surface area is 256 Å². The highest BCUT2D eigenvalue weighted by atomic mass is 35.5. The van der Waals surface area contributed by atoms with Crippen LogP contribution in [-0.2, 0) is 20.3 Å². The van der Waals surface area contributed by atoms with Gasteiger partial charge in [-0.05, 0) is 48.7 Å². The summed E-state index contributed by atoms with van der Waals surface area (Å²) in [5.41, 5.74) is 2.48. The molecule has 0 spiro atoms. The van der Waals surface area contributed by atoms with Crippen molar-refractivity contribution in [2.45, 2.75) is 91.1 Å². The number of hydrogen-bond donors (Lipinski definition) is 2. The Bertz CT molecular complexity index is 1360. The van der Waals surface area contributed by atoms with Gasteiger partial charge in [0.1, 0.15) is 5.02 Å². The first-order chi connectivity index (χ1) is 19.7. The second-order valence-corrected chi connectivity index (χ2v) is 18.9. The van der Waals surface area contributed by atoms with Crippen LogP contribution in [0.15, 0.2) is 18.3 Å². The average molecular weight is 609 g/mol. The third-order valence-corrected chi connectivity index (χ3v) is 13.3. The summed E-state index contributed by atoms with van der Waals surface area (Å²) < 4.78 is 18.9. The number of rotatable bonds is 8. The van der Waals surface area contributed by atoms with E-state index < -0.39 is 15.4 Å². The molecule has 224 valence electrons. The van der Waals surface area contributed by atoms with Crippen LogP contribution in [0.4, 0.5) is 17.5 Å². The number of halogens is 1. The van der Waals surface area contributed by atoms with E-state index >= 15 is 0 Å². The summed E-state index contributed by atoms with van der Waals surface area (Å²) in [5.74, 6) is 0.711. The van der Waals surface area contributed by atoms with Crippen molar-refractivity contribution in [2.24, 2.45) is 11.3 Å². The molecule has 1 aliphatic heterocycles. The first-order valence-electron chi connectivity index (χ1n) is 14.6. The van der Waals surface area contributed by atoms with E-state index in [4.69, 9.17) is 25.3 Å². The number of aromatic nitrogens is 2. The van der Waals surface area contributed by atoms with Crippen molar-refractivity contribution in [1.82, 2.24) is 9.97 Å². The highest BCUT2D eigenvalue weighted by molar-refractivity contribution is 6.74. The molecule has 12 heteroatoms. The van der Waals surface area contributed by atoms with Crippen LogP contribution < -0.4 is 16.1 Å². The molecule has 1 unspecified atom stereocenters. The molecule has 4 rings (SSSR count). The molecule has 0 bridgehead atoms. The van der Waals surface area contributed by atoms with Gasteiger partial charge in [0, 0.05) is 35.8 Å². The van der Waals surface area contributed by atoms with Gasteiger partial charge in [-0.15, -0.1) is 0 Å². The molecule has 1 saturated carbocycles. The topological polar surface area (TPSA) is 125 Å². The maximum Gasteiger partial charge on any atom is 0.495 e. The van der Waals surface area contributed by atoms with Crippen LogP contribution in [0.25, 0.3) is 0 Å². The van der Waals surface area contributed by atoms with E-state index in [0.717, 1.165) is 31.2 Å². The largest absolute Gasteiger partial charge is 0.495 e. The van der Waals surface area contributed by atoms with Gasteiger partial charge in [0.05, 0.1) is 36.4 Å². The summed E-state index contributed by atoms with van der Waals surface area (Å²) in [6, 6.07) is 8.45. The lowest BCUT2D eigenvalue weighted by Gasteiger charge is -2.37. The Morgan fingerprint density at radius 2 is 1.86 bits per heavy atom. The van der Waals surface area contributed by atoms with Crippen LogP contribution in [0, 0.1) is 34.0 Å². The standard InChI is InChI=1S/C30H42BClN6O3Si/c1-29(2,3)42(6,7)41-17-22-13-23(12-21(15-34)26(22)31-39-18-30(4,5)19-40-31)36-28-35-16-24(32)27(38-28)37-25-11-9-8-10-20(25)14-33/h12-13,16,20,25H,8-11,17-19H2,1-7H3,(H2,35,36,37,38)/t20-,25?/m1/s1. The van der Waals surface area contributed by atoms with E-state index in [0.29, 0.717) is 53.3 Å². The Hall–Kier alpha value is -2.67. The zero-order valence-electron chi connectivity index (χ0n) is 25.8. The van der Waals surface area contributed by atoms with E-state index in [1.165, 1.54) is 6.20 Å². The lowest BCUT2D eigenvalue weighted by molar-refractivity contribution is 0.0341. The Morgan fingerprint density at radius 1 is 1.17 bits per heavy atom. The van der Waals surface area contributed by atoms with Crippen molar-refractivity contribution in [3.05, 3.63) is 34.5 Å². The van der Waals surface area contributed by atoms with Gasteiger partial charge in [-0.1, -0.05) is 59.1 Å². The van der Waals surface area contributed by atoms with E-state index in [-0.39, 0.29) is 22.4 Å². The van der Waals surface area contributed by atoms with Crippen molar-refractivity contribution in [3.8, 4) is 12.1 Å². The summed E-state index contributed by atoms with van der Waals surface area (Å²) in [6.45, 7) is 16.5. The summed E-state index contributed by atoms with van der Waals surface area (Å²) in [5, 5.41) is 26.9. The summed E-state index contributed by atoms with van der Waals surface area (Å²) in [7, 11) is -2.76. The number of hydrogen-bond acceptors (Lipinski definition) is 9. The molecule has 1 saturated heterocycles. The molecule has 2 heterocycles. The molecular formula is C30H42BClN6O3Si. The zero-order chi connectivity index (χ0) is 30.7. The molecule has 2 fully saturated rings. The Kier molecular flexibility index (Phi) is 9.91. The van der Waals surface area contributed by atoms with Crippen molar-refractivity contribution >= 4 is 50.0 Å². The quantitative estimate of drug-likeness (QED) is 0.322. The molecule has 2 aliphatic rings. The van der Waals surface area contributed by atoms with E-state index in [2.05, 4.69) is 80.5 Å². The molecule has 2 aromatic rings. The van der Waals surface area contributed by atoms with Crippen LogP contribution in [0.5, 0.6) is 0 Å². The van der Waals surface area contributed by atoms with Crippen molar-refractivity contribution in [1.29, 1.82) is 10.5 Å². The predicted octanol–water partition coefficient (Wildman–Crippen LogP) is 6.53. The summed E-state index contributed by atoms with van der Waals surface area (Å²) in [4.78, 5) is 9.01. The number of benzene rings is 1. The molecule has 1 aromatic carbocycles. The second kappa shape index (κ2) is 12.9. The normalized spacial score (nSPS) is 20.9. The van der Waals surface area contributed by atoms with Crippen molar-refractivity contribution < 1.29 is 13.7 Å². The van der Waals surface area contributed by atoms with E-state index in [9.17, 15) is 10.5 Å². The van der Waals surface area contributed by atoms with Crippen LogP contribution in [0.1, 0.15) is 71.4 Å². The zero-order valence-corrected chi connectivity index (χ0v) is 27.6. The summed E-state index contributed by atoms with van der Waals surface area (Å²) in [6.07, 6.45) is 5.38. The van der Waals surface area contributed by atoms with Crippen LogP contribution in [0.3, 0.4) is 0 Å². The highest BCUT2D eigenvalue weighted by Crippen LogP contribution is 2.37. The molecule has 2 N–H and O–H groups in total. The van der Waals surface area contributed by atoms with Crippen LogP contribution >= 0.6 is 11.6 Å². The average Bonchev–Trinajstić information content (AvgIpc) is 2.93. The third kappa shape index (κ3) is 7.64. The fourth-order valence-corrected chi connectivity index (χ4v) is 6.00. The smallest absolute Gasteiger partial charge is 0.413 e. The second-order valence-electron chi connectivity index (χ2n) is 13.7. The first-order valence-corrected chi connectivity index (χ1v) is 17.9. The molecule has 9 nitrogen and oxygen atoms in total. The fourth-order valence-electron chi connectivity index (χ4n) is 4.90. The number of anilines is 3. The summed E-state index contributed by atoms with van der Waals surface area (Å²) >= 11 is 6.45. The van der Waals surface area contributed by atoms with Gasteiger partial charge in [0.25, 0.3) is 0 Å². The molecule has 1 aromatic heterocycles. The van der Waals surface area contributed by atoms with Gasteiger partial charge in [0.2, 0.25) is 5.95 Å². The number of nitrogens with one attached hydrogen (secondary N) is 2. The lowest BCUT2D eigenvalue weighted by atomic mass is 9.71. The SMILES string of the molecule is CC1(C)COB(c2c(C#N)cc(Nc3ncc(Cl)c(NC4CCCC[C@@H]4C#N)n3)cc2CO[Si](C)(C)C(C)(C)C)OC1. The van der Waals surface area contributed by atoms with Gasteiger partial charge in [-0.2, -0.15) is 15.5 Å². The number of nitrogens with zero attached hydrogens (tertiary/aromatic N) is 4. The first kappa shape index (κ1) is 32.2. The lowest BCUT2D eigenvalue weighted by Crippen LogP contribution is -2.50. The molecule has 1 aliphatic carbocycles. The molecular weight excluding hydrogens is 567 g/mol. The third-order valence-electron chi connectivity index (χ3n) is 8.52. The maximum atomic E-state index is 10.2. The van der Waals surface area contributed by atoms with Gasteiger partial charge < -0.3 is 24.4 Å². The van der Waals surface area contributed by atoms with Gasteiger partial charge in [-0.3, -0.25) is 0 Å². The van der Waals surface area contributed by atoms with Gasteiger partial charge >= 0.3 is 7.12 Å². The monoisotopic (exact) mass is 608 g/mol. The molecule has 2 atom stereocenters. The minimum absolute atomic E-state index is 0.0202. The molecule has 0 amide bonds. The highest BCUT2D eigenvalue weighted by Gasteiger charge is 2.39. The van der Waals surface area contributed by atoms with Crippen LogP contribution in [-0.4, -0.2) is 44.7 Å². The van der Waals surface area contributed by atoms with Gasteiger partial charge in [-0.25, -0.2) is 4.98 Å². The Morgan fingerprint density at radius 3 is 2.50 bits per heavy atom. The van der Waals surface area contributed by atoms with Crippen LogP contribution in [0.2, 0.25) is 23.2 Å². The van der Waals surface area contributed by atoms with Crippen molar-refractivity contribution in [2.75, 3.05) is 23.8 Å². The Balaban J connectivity index is 1.65. The number of nitriles is 2.